The van der Waals surface area contributed by atoms with Crippen LogP contribution < -0.4 is 14.4 Å². The van der Waals surface area contributed by atoms with E-state index in [0.717, 1.165) is 9.87 Å². The largest absolute Gasteiger partial charge is 0.495 e. The van der Waals surface area contributed by atoms with Crippen LogP contribution in [0.25, 0.3) is 0 Å². The lowest BCUT2D eigenvalue weighted by atomic mass is 10.0. The third-order valence-electron chi connectivity index (χ3n) is 5.11. The van der Waals surface area contributed by atoms with Crippen LogP contribution in [-0.2, 0) is 21.4 Å². The summed E-state index contributed by atoms with van der Waals surface area (Å²) >= 11 is 0. The van der Waals surface area contributed by atoms with Gasteiger partial charge in [0.15, 0.2) is 0 Å². The molecule has 0 saturated carbocycles. The Balaban J connectivity index is 1.83. The number of nitrogens with one attached hydrogen (secondary N) is 1. The number of anilines is 1. The van der Waals surface area contributed by atoms with Crippen LogP contribution in [-0.4, -0.2) is 28.0 Å². The van der Waals surface area contributed by atoms with Gasteiger partial charge in [-0.25, -0.2) is 8.42 Å². The zero-order valence-electron chi connectivity index (χ0n) is 18.5. The topological polar surface area (TPSA) is 75.7 Å². The predicted octanol–water partition coefficient (Wildman–Crippen LogP) is 4.33. The van der Waals surface area contributed by atoms with E-state index in [1.165, 1.54) is 24.8 Å². The van der Waals surface area contributed by atoms with Gasteiger partial charge in [-0.15, -0.1) is 0 Å². The van der Waals surface area contributed by atoms with Crippen LogP contribution in [0.4, 0.5) is 5.69 Å². The second kappa shape index (κ2) is 10.3. The smallest absolute Gasteiger partial charge is 0.264 e. The van der Waals surface area contributed by atoms with Crippen molar-refractivity contribution in [2.45, 2.75) is 31.2 Å². The van der Waals surface area contributed by atoms with E-state index < -0.39 is 15.9 Å². The van der Waals surface area contributed by atoms with E-state index in [1.807, 2.05) is 24.3 Å². The van der Waals surface area contributed by atoms with Gasteiger partial charge in [0.25, 0.3) is 10.0 Å². The van der Waals surface area contributed by atoms with Gasteiger partial charge in [-0.3, -0.25) is 9.10 Å². The molecule has 0 atom stereocenters. The van der Waals surface area contributed by atoms with Gasteiger partial charge in [0.2, 0.25) is 5.91 Å². The van der Waals surface area contributed by atoms with Gasteiger partial charge >= 0.3 is 0 Å². The molecule has 7 heteroatoms. The summed E-state index contributed by atoms with van der Waals surface area (Å²) in [6.07, 6.45) is 0. The van der Waals surface area contributed by atoms with Crippen LogP contribution in [0.5, 0.6) is 5.75 Å². The number of benzene rings is 3. The van der Waals surface area contributed by atoms with E-state index in [9.17, 15) is 13.2 Å². The fourth-order valence-corrected chi connectivity index (χ4v) is 4.72. The second-order valence-corrected chi connectivity index (χ2v) is 9.53. The molecule has 0 saturated heterocycles. The second-order valence-electron chi connectivity index (χ2n) is 7.67. The number of sulfonamides is 1. The van der Waals surface area contributed by atoms with Gasteiger partial charge in [0, 0.05) is 6.54 Å². The number of para-hydroxylation sites is 2. The zero-order chi connectivity index (χ0) is 23.1. The average molecular weight is 453 g/mol. The van der Waals surface area contributed by atoms with Gasteiger partial charge in [-0.2, -0.15) is 0 Å². The van der Waals surface area contributed by atoms with Gasteiger partial charge in [0.1, 0.15) is 12.3 Å². The van der Waals surface area contributed by atoms with Gasteiger partial charge in [0.05, 0.1) is 17.7 Å². The first kappa shape index (κ1) is 23.3. The standard InChI is InChI=1S/C25H28N2O4S/c1-19(2)21-15-13-20(14-16-21)17-26-25(28)18-27(23-11-7-8-12-24(23)31-3)32(29,30)22-9-5-4-6-10-22/h4-16,19H,17-18H2,1-3H3,(H,26,28). The molecule has 3 rings (SSSR count). The van der Waals surface area contributed by atoms with Crippen molar-refractivity contribution in [3.05, 3.63) is 90.0 Å². The van der Waals surface area contributed by atoms with Gasteiger partial charge in [-0.1, -0.05) is 68.4 Å². The highest BCUT2D eigenvalue weighted by molar-refractivity contribution is 7.92. The number of ether oxygens (including phenoxy) is 1. The van der Waals surface area contributed by atoms with E-state index in [2.05, 4.69) is 19.2 Å². The molecule has 0 heterocycles. The highest BCUT2D eigenvalue weighted by Gasteiger charge is 2.29. The van der Waals surface area contributed by atoms with Crippen molar-refractivity contribution in [3.8, 4) is 5.75 Å². The van der Waals surface area contributed by atoms with E-state index in [-0.39, 0.29) is 11.4 Å². The fourth-order valence-electron chi connectivity index (χ4n) is 3.26. The van der Waals surface area contributed by atoms with Crippen LogP contribution in [0, 0.1) is 0 Å². The molecule has 1 N–H and O–H groups in total. The zero-order valence-corrected chi connectivity index (χ0v) is 19.3. The maximum absolute atomic E-state index is 13.4. The third-order valence-corrected chi connectivity index (χ3v) is 6.88. The molecule has 0 aliphatic rings. The quantitative estimate of drug-likeness (QED) is 0.524. The number of hydrogen-bond donors (Lipinski definition) is 1. The van der Waals surface area contributed by atoms with Crippen LogP contribution in [0.3, 0.4) is 0 Å². The molecule has 0 aromatic heterocycles. The number of rotatable bonds is 9. The minimum absolute atomic E-state index is 0.1000. The Morgan fingerprint density at radius 2 is 1.56 bits per heavy atom. The molecular formula is C25H28N2O4S. The molecule has 6 nitrogen and oxygen atoms in total. The van der Waals surface area contributed by atoms with Crippen LogP contribution in [0.15, 0.2) is 83.8 Å². The molecule has 0 spiro atoms. The first-order chi connectivity index (χ1) is 15.3. The summed E-state index contributed by atoms with van der Waals surface area (Å²) in [5.74, 6) is 0.378. The van der Waals surface area contributed by atoms with Crippen molar-refractivity contribution in [3.63, 3.8) is 0 Å². The summed E-state index contributed by atoms with van der Waals surface area (Å²) < 4.78 is 33.2. The maximum atomic E-state index is 13.4. The van der Waals surface area contributed by atoms with Gasteiger partial charge in [-0.05, 0) is 41.3 Å². The Morgan fingerprint density at radius 3 is 2.19 bits per heavy atom. The van der Waals surface area contributed by atoms with E-state index in [4.69, 9.17) is 4.74 Å². The Hall–Kier alpha value is -3.32. The Morgan fingerprint density at radius 1 is 0.938 bits per heavy atom. The van der Waals surface area contributed by atoms with Crippen molar-refractivity contribution in [2.75, 3.05) is 18.0 Å². The van der Waals surface area contributed by atoms with Crippen molar-refractivity contribution < 1.29 is 17.9 Å². The van der Waals surface area contributed by atoms with Crippen molar-refractivity contribution in [1.29, 1.82) is 0 Å². The maximum Gasteiger partial charge on any atom is 0.264 e. The molecule has 0 bridgehead atoms. The van der Waals surface area contributed by atoms with E-state index in [1.54, 1.807) is 42.5 Å². The Kier molecular flexibility index (Phi) is 7.53. The molecule has 1 amide bonds. The molecule has 168 valence electrons. The molecule has 3 aromatic rings. The average Bonchev–Trinajstić information content (AvgIpc) is 2.82. The number of hydrogen-bond acceptors (Lipinski definition) is 4. The Labute approximate surface area is 189 Å². The molecule has 3 aromatic carbocycles. The number of nitrogens with zero attached hydrogens (tertiary/aromatic N) is 1. The van der Waals surface area contributed by atoms with Crippen LogP contribution in [0.1, 0.15) is 30.9 Å². The summed E-state index contributed by atoms with van der Waals surface area (Å²) in [6, 6.07) is 22.8. The summed E-state index contributed by atoms with van der Waals surface area (Å²) in [4.78, 5) is 12.9. The highest BCUT2D eigenvalue weighted by Crippen LogP contribution is 2.32. The lowest BCUT2D eigenvalue weighted by molar-refractivity contribution is -0.119. The summed E-state index contributed by atoms with van der Waals surface area (Å²) in [6.45, 7) is 4.18. The summed E-state index contributed by atoms with van der Waals surface area (Å²) in [7, 11) is -2.52. The monoisotopic (exact) mass is 452 g/mol. The summed E-state index contributed by atoms with van der Waals surface area (Å²) in [5, 5.41) is 2.82. The van der Waals surface area contributed by atoms with Gasteiger partial charge < -0.3 is 10.1 Å². The third kappa shape index (κ3) is 5.48. The normalized spacial score (nSPS) is 11.2. The first-order valence-electron chi connectivity index (χ1n) is 10.4. The SMILES string of the molecule is COc1ccccc1N(CC(=O)NCc1ccc(C(C)C)cc1)S(=O)(=O)c1ccccc1. The molecular weight excluding hydrogens is 424 g/mol. The predicted molar refractivity (Wildman–Crippen MR) is 126 cm³/mol. The van der Waals surface area contributed by atoms with Crippen molar-refractivity contribution >= 4 is 21.6 Å². The molecule has 0 fully saturated rings. The van der Waals surface area contributed by atoms with Crippen molar-refractivity contribution in [2.24, 2.45) is 0 Å². The lowest BCUT2D eigenvalue weighted by Crippen LogP contribution is -2.40. The van der Waals surface area contributed by atoms with Crippen LogP contribution in [0.2, 0.25) is 0 Å². The first-order valence-corrected chi connectivity index (χ1v) is 11.8. The number of methoxy groups -OCH3 is 1. The molecule has 0 unspecified atom stereocenters. The molecule has 0 radical (unpaired) electrons. The minimum Gasteiger partial charge on any atom is -0.495 e. The highest BCUT2D eigenvalue weighted by atomic mass is 32.2. The van der Waals surface area contributed by atoms with Crippen molar-refractivity contribution in [1.82, 2.24) is 5.32 Å². The summed E-state index contributed by atoms with van der Waals surface area (Å²) in [5.41, 5.74) is 2.46. The number of carbonyl (C=O) groups is 1. The molecule has 32 heavy (non-hydrogen) atoms. The van der Waals surface area contributed by atoms with Crippen LogP contribution >= 0.6 is 0 Å². The fraction of sp³-hybridized carbons (Fsp3) is 0.240. The number of carbonyl (C=O) groups excluding carboxylic acids is 1. The minimum atomic E-state index is -3.99. The van der Waals surface area contributed by atoms with E-state index >= 15 is 0 Å². The Bertz CT molecular complexity index is 1140. The molecule has 0 aliphatic carbocycles. The lowest BCUT2D eigenvalue weighted by Gasteiger charge is -2.25. The number of amides is 1. The van der Waals surface area contributed by atoms with E-state index in [0.29, 0.717) is 23.9 Å². The molecule has 0 aliphatic heterocycles.